The van der Waals surface area contributed by atoms with Crippen molar-refractivity contribution in [2.24, 2.45) is 5.92 Å². The van der Waals surface area contributed by atoms with Gasteiger partial charge in [-0.05, 0) is 37.1 Å². The van der Waals surface area contributed by atoms with Gasteiger partial charge in [0.15, 0.2) is 17.0 Å². The van der Waals surface area contributed by atoms with E-state index >= 15 is 0 Å². The van der Waals surface area contributed by atoms with Gasteiger partial charge in [0.05, 0.1) is 12.8 Å². The number of fused-ring (bicyclic) bond motifs is 1. The predicted molar refractivity (Wildman–Crippen MR) is 112 cm³/mol. The molecule has 0 atom stereocenters. The molecular weight excluding hydrogens is 382 g/mol. The minimum absolute atomic E-state index is 0.228. The molecule has 2 fully saturated rings. The third-order valence-electron chi connectivity index (χ3n) is 6.13. The molecule has 1 aliphatic heterocycles. The summed E-state index contributed by atoms with van der Waals surface area (Å²) in [5.74, 6) is 2.10. The SMILES string of the molecule is COc1ccc(-n2nnc3c(N4CCN(C(=O)C5CCCC5)CC4)ncnc32)cc1. The van der Waals surface area contributed by atoms with Gasteiger partial charge in [0.25, 0.3) is 0 Å². The minimum atomic E-state index is 0.228. The molecule has 0 radical (unpaired) electrons. The molecule has 156 valence electrons. The summed E-state index contributed by atoms with van der Waals surface area (Å²) in [6.45, 7) is 2.90. The van der Waals surface area contributed by atoms with E-state index < -0.39 is 0 Å². The van der Waals surface area contributed by atoms with Gasteiger partial charge in [-0.15, -0.1) is 5.10 Å². The molecule has 0 N–H and O–H groups in total. The lowest BCUT2D eigenvalue weighted by Crippen LogP contribution is -2.50. The number of benzene rings is 1. The van der Waals surface area contributed by atoms with Crippen LogP contribution in [0.2, 0.25) is 0 Å². The van der Waals surface area contributed by atoms with Crippen molar-refractivity contribution in [3.63, 3.8) is 0 Å². The molecule has 3 aromatic rings. The summed E-state index contributed by atoms with van der Waals surface area (Å²) in [7, 11) is 1.64. The number of amides is 1. The maximum absolute atomic E-state index is 12.7. The van der Waals surface area contributed by atoms with Crippen molar-refractivity contribution in [2.75, 3.05) is 38.2 Å². The Labute approximate surface area is 174 Å². The molecule has 1 amide bonds. The van der Waals surface area contributed by atoms with Crippen molar-refractivity contribution < 1.29 is 9.53 Å². The first-order valence-electron chi connectivity index (χ1n) is 10.5. The third kappa shape index (κ3) is 3.34. The highest BCUT2D eigenvalue weighted by Gasteiger charge is 2.30. The molecular formula is C21H25N7O2. The van der Waals surface area contributed by atoms with Crippen LogP contribution in [0.3, 0.4) is 0 Å². The maximum Gasteiger partial charge on any atom is 0.225 e. The average Bonchev–Trinajstić information content (AvgIpc) is 3.49. The Morgan fingerprint density at radius 2 is 1.77 bits per heavy atom. The van der Waals surface area contributed by atoms with Gasteiger partial charge >= 0.3 is 0 Å². The molecule has 1 saturated heterocycles. The smallest absolute Gasteiger partial charge is 0.225 e. The fraction of sp³-hybridized carbons (Fsp3) is 0.476. The van der Waals surface area contributed by atoms with Crippen LogP contribution in [0.15, 0.2) is 30.6 Å². The molecule has 2 aromatic heterocycles. The summed E-state index contributed by atoms with van der Waals surface area (Å²) >= 11 is 0. The topological polar surface area (TPSA) is 89.3 Å². The van der Waals surface area contributed by atoms with Crippen LogP contribution in [0.25, 0.3) is 16.9 Å². The maximum atomic E-state index is 12.7. The van der Waals surface area contributed by atoms with Crippen LogP contribution in [0, 0.1) is 5.92 Å². The van der Waals surface area contributed by atoms with Gasteiger partial charge < -0.3 is 14.5 Å². The van der Waals surface area contributed by atoms with Gasteiger partial charge in [-0.3, -0.25) is 4.79 Å². The van der Waals surface area contributed by atoms with Crippen LogP contribution < -0.4 is 9.64 Å². The number of nitrogens with zero attached hydrogens (tertiary/aromatic N) is 7. The molecule has 1 saturated carbocycles. The third-order valence-corrected chi connectivity index (χ3v) is 6.13. The van der Waals surface area contributed by atoms with Crippen molar-refractivity contribution in [1.29, 1.82) is 0 Å². The Morgan fingerprint density at radius 3 is 2.47 bits per heavy atom. The summed E-state index contributed by atoms with van der Waals surface area (Å²) < 4.78 is 6.93. The summed E-state index contributed by atoms with van der Waals surface area (Å²) in [4.78, 5) is 25.8. The van der Waals surface area contributed by atoms with Gasteiger partial charge in [-0.2, -0.15) is 4.68 Å². The van der Waals surface area contributed by atoms with E-state index in [-0.39, 0.29) is 5.92 Å². The first-order valence-corrected chi connectivity index (χ1v) is 10.5. The molecule has 3 heterocycles. The van der Waals surface area contributed by atoms with Crippen molar-refractivity contribution in [1.82, 2.24) is 29.9 Å². The zero-order valence-electron chi connectivity index (χ0n) is 17.1. The fourth-order valence-electron chi connectivity index (χ4n) is 4.44. The number of ether oxygens (including phenoxy) is 1. The second-order valence-corrected chi connectivity index (χ2v) is 7.86. The molecule has 5 rings (SSSR count). The molecule has 0 spiro atoms. The summed E-state index contributed by atoms with van der Waals surface area (Å²) in [6, 6.07) is 7.60. The average molecular weight is 407 g/mol. The van der Waals surface area contributed by atoms with Gasteiger partial charge in [0.1, 0.15) is 12.1 Å². The van der Waals surface area contributed by atoms with Crippen molar-refractivity contribution in [3.8, 4) is 11.4 Å². The number of aromatic nitrogens is 5. The van der Waals surface area contributed by atoms with Crippen LogP contribution in [-0.4, -0.2) is 69.1 Å². The van der Waals surface area contributed by atoms with E-state index in [1.807, 2.05) is 29.2 Å². The van der Waals surface area contributed by atoms with E-state index in [1.54, 1.807) is 18.1 Å². The first-order chi connectivity index (χ1) is 14.7. The molecule has 9 nitrogen and oxygen atoms in total. The monoisotopic (exact) mass is 407 g/mol. The molecule has 1 aromatic carbocycles. The van der Waals surface area contributed by atoms with Crippen LogP contribution >= 0.6 is 0 Å². The zero-order valence-corrected chi connectivity index (χ0v) is 17.1. The molecule has 0 bridgehead atoms. The van der Waals surface area contributed by atoms with Crippen LogP contribution in [0.5, 0.6) is 5.75 Å². The quantitative estimate of drug-likeness (QED) is 0.654. The Hall–Kier alpha value is -3.23. The number of anilines is 1. The molecule has 1 aliphatic carbocycles. The Kier molecular flexibility index (Phi) is 4.94. The van der Waals surface area contributed by atoms with Crippen LogP contribution in [0.4, 0.5) is 5.82 Å². The number of rotatable bonds is 4. The second-order valence-electron chi connectivity index (χ2n) is 7.86. The summed E-state index contributed by atoms with van der Waals surface area (Å²) in [5.41, 5.74) is 2.19. The normalized spacial score (nSPS) is 17.6. The second kappa shape index (κ2) is 7.89. The summed E-state index contributed by atoms with van der Waals surface area (Å²) in [5, 5.41) is 8.67. The van der Waals surface area contributed by atoms with E-state index in [0.717, 1.165) is 43.2 Å². The fourth-order valence-corrected chi connectivity index (χ4v) is 4.44. The highest BCUT2D eigenvalue weighted by Crippen LogP contribution is 2.28. The first kappa shape index (κ1) is 18.8. The Morgan fingerprint density at radius 1 is 1.03 bits per heavy atom. The van der Waals surface area contributed by atoms with Gasteiger partial charge in [0, 0.05) is 32.1 Å². The van der Waals surface area contributed by atoms with E-state index in [9.17, 15) is 4.79 Å². The number of hydrogen-bond acceptors (Lipinski definition) is 7. The molecule has 9 heteroatoms. The molecule has 2 aliphatic rings. The summed E-state index contributed by atoms with van der Waals surface area (Å²) in [6.07, 6.45) is 6.00. The number of hydrogen-bond donors (Lipinski definition) is 0. The van der Waals surface area contributed by atoms with Crippen LogP contribution in [0.1, 0.15) is 25.7 Å². The van der Waals surface area contributed by atoms with E-state index in [4.69, 9.17) is 4.74 Å². The molecule has 0 unspecified atom stereocenters. The Balaban J connectivity index is 1.35. The lowest BCUT2D eigenvalue weighted by molar-refractivity contribution is -0.135. The van der Waals surface area contributed by atoms with E-state index in [2.05, 4.69) is 25.2 Å². The number of piperazine rings is 1. The number of carbonyl (C=O) groups excluding carboxylic acids is 1. The van der Waals surface area contributed by atoms with Gasteiger partial charge in [-0.25, -0.2) is 9.97 Å². The zero-order chi connectivity index (χ0) is 20.5. The van der Waals surface area contributed by atoms with E-state index in [1.165, 1.54) is 12.8 Å². The lowest BCUT2D eigenvalue weighted by atomic mass is 10.1. The van der Waals surface area contributed by atoms with Crippen molar-refractivity contribution in [2.45, 2.75) is 25.7 Å². The van der Waals surface area contributed by atoms with Crippen molar-refractivity contribution >= 4 is 22.9 Å². The number of methoxy groups -OCH3 is 1. The predicted octanol–water partition coefficient (Wildman–Crippen LogP) is 2.06. The van der Waals surface area contributed by atoms with E-state index in [0.29, 0.717) is 30.2 Å². The van der Waals surface area contributed by atoms with Crippen LogP contribution in [-0.2, 0) is 4.79 Å². The highest BCUT2D eigenvalue weighted by molar-refractivity contribution is 5.84. The van der Waals surface area contributed by atoms with Crippen molar-refractivity contribution in [3.05, 3.63) is 30.6 Å². The lowest BCUT2D eigenvalue weighted by Gasteiger charge is -2.36. The largest absolute Gasteiger partial charge is 0.497 e. The van der Waals surface area contributed by atoms with Gasteiger partial charge in [-0.1, -0.05) is 18.1 Å². The van der Waals surface area contributed by atoms with Gasteiger partial charge in [0.2, 0.25) is 5.91 Å². The molecule has 30 heavy (non-hydrogen) atoms. The minimum Gasteiger partial charge on any atom is -0.497 e. The number of carbonyl (C=O) groups is 1. The standard InChI is InChI=1S/C21H25N7O2/c1-30-17-8-6-16(7-9-17)28-20-18(24-25-28)19(22-14-23-20)26-10-12-27(13-11-26)21(29)15-4-2-3-5-15/h6-9,14-15H,2-5,10-13H2,1H3. The Bertz CT molecular complexity index is 1040. The highest BCUT2D eigenvalue weighted by atomic mass is 16.5.